The first-order valence-electron chi connectivity index (χ1n) is 6.71. The van der Waals surface area contributed by atoms with Crippen molar-refractivity contribution in [1.82, 2.24) is 4.90 Å². The van der Waals surface area contributed by atoms with Gasteiger partial charge in [0, 0.05) is 19.5 Å². The molecule has 0 bridgehead atoms. The monoisotopic (exact) mass is 262 g/mol. The van der Waals surface area contributed by atoms with Crippen molar-refractivity contribution < 1.29 is 4.79 Å². The maximum absolute atomic E-state index is 11.9. The van der Waals surface area contributed by atoms with E-state index in [0.29, 0.717) is 11.9 Å². The minimum absolute atomic E-state index is 0. The van der Waals surface area contributed by atoms with Crippen LogP contribution in [0.5, 0.6) is 0 Å². The van der Waals surface area contributed by atoms with E-state index in [1.807, 2.05) is 11.9 Å². The Morgan fingerprint density at radius 3 is 2.35 bits per heavy atom. The van der Waals surface area contributed by atoms with E-state index >= 15 is 0 Å². The third-order valence-electron chi connectivity index (χ3n) is 3.61. The second-order valence-corrected chi connectivity index (χ2v) is 4.90. The zero-order valence-electron chi connectivity index (χ0n) is 11.0. The summed E-state index contributed by atoms with van der Waals surface area (Å²) in [6, 6.07) is 0.525. The highest BCUT2D eigenvalue weighted by molar-refractivity contribution is 5.85. The van der Waals surface area contributed by atoms with E-state index in [4.69, 9.17) is 5.73 Å². The molecule has 0 atom stereocenters. The van der Waals surface area contributed by atoms with Crippen LogP contribution in [0.1, 0.15) is 57.8 Å². The highest BCUT2D eigenvalue weighted by atomic mass is 35.5. The van der Waals surface area contributed by atoms with Gasteiger partial charge >= 0.3 is 0 Å². The summed E-state index contributed by atoms with van der Waals surface area (Å²) in [6.45, 7) is 0.774. The molecule has 0 radical (unpaired) electrons. The van der Waals surface area contributed by atoms with Crippen molar-refractivity contribution in [3.05, 3.63) is 0 Å². The normalized spacial score (nSPS) is 15.6. The number of unbranched alkanes of at least 4 members (excludes halogenated alkanes) is 3. The highest BCUT2D eigenvalue weighted by Crippen LogP contribution is 2.23. The van der Waals surface area contributed by atoms with Gasteiger partial charge in [0.05, 0.1) is 0 Å². The fourth-order valence-corrected chi connectivity index (χ4v) is 2.45. The van der Waals surface area contributed by atoms with Crippen LogP contribution in [0.25, 0.3) is 0 Å². The molecule has 0 spiro atoms. The van der Waals surface area contributed by atoms with Crippen LogP contribution in [0.2, 0.25) is 0 Å². The van der Waals surface area contributed by atoms with Gasteiger partial charge in [0.2, 0.25) is 5.91 Å². The lowest BCUT2D eigenvalue weighted by atomic mass is 10.1. The molecule has 1 rings (SSSR count). The van der Waals surface area contributed by atoms with Crippen molar-refractivity contribution in [2.45, 2.75) is 63.8 Å². The fraction of sp³-hybridized carbons (Fsp3) is 0.923. The zero-order chi connectivity index (χ0) is 11.8. The van der Waals surface area contributed by atoms with Crippen LogP contribution in [-0.2, 0) is 4.79 Å². The molecule has 2 N–H and O–H groups in total. The van der Waals surface area contributed by atoms with Gasteiger partial charge in [-0.05, 0) is 32.2 Å². The van der Waals surface area contributed by atoms with Gasteiger partial charge in [0.1, 0.15) is 0 Å². The highest BCUT2D eigenvalue weighted by Gasteiger charge is 2.22. The second-order valence-electron chi connectivity index (χ2n) is 4.90. The quantitative estimate of drug-likeness (QED) is 0.717. The number of nitrogens with two attached hydrogens (primary N) is 1. The molecule has 1 saturated carbocycles. The summed E-state index contributed by atoms with van der Waals surface area (Å²) >= 11 is 0. The maximum atomic E-state index is 11.9. The summed E-state index contributed by atoms with van der Waals surface area (Å²) in [6.07, 6.45) is 10.1. The minimum atomic E-state index is 0. The third-order valence-corrected chi connectivity index (χ3v) is 3.61. The zero-order valence-corrected chi connectivity index (χ0v) is 11.8. The SMILES string of the molecule is CN(C(=O)CCCCCCN)C1CCCC1.Cl. The Kier molecular flexibility index (Phi) is 9.56. The molecule has 0 aromatic carbocycles. The van der Waals surface area contributed by atoms with Crippen molar-refractivity contribution in [2.75, 3.05) is 13.6 Å². The van der Waals surface area contributed by atoms with Crippen molar-refractivity contribution in [3.63, 3.8) is 0 Å². The number of amides is 1. The molecule has 17 heavy (non-hydrogen) atoms. The van der Waals surface area contributed by atoms with Crippen molar-refractivity contribution in [1.29, 1.82) is 0 Å². The van der Waals surface area contributed by atoms with E-state index < -0.39 is 0 Å². The third kappa shape index (κ3) is 6.27. The first-order chi connectivity index (χ1) is 7.75. The lowest BCUT2D eigenvalue weighted by Gasteiger charge is -2.24. The molecular formula is C13H27ClN2O. The van der Waals surface area contributed by atoms with E-state index in [1.54, 1.807) is 0 Å². The van der Waals surface area contributed by atoms with Crippen LogP contribution in [0.3, 0.4) is 0 Å². The van der Waals surface area contributed by atoms with Crippen molar-refractivity contribution in [3.8, 4) is 0 Å². The van der Waals surface area contributed by atoms with Crippen LogP contribution in [0.15, 0.2) is 0 Å². The Morgan fingerprint density at radius 2 is 1.76 bits per heavy atom. The van der Waals surface area contributed by atoms with Crippen LogP contribution in [-0.4, -0.2) is 30.4 Å². The number of rotatable bonds is 7. The Bertz CT molecular complexity index is 206. The van der Waals surface area contributed by atoms with Gasteiger partial charge in [-0.15, -0.1) is 12.4 Å². The second kappa shape index (κ2) is 9.72. The summed E-state index contributed by atoms with van der Waals surface area (Å²) in [7, 11) is 1.97. The Labute approximate surface area is 112 Å². The van der Waals surface area contributed by atoms with Gasteiger partial charge < -0.3 is 10.6 Å². The summed E-state index contributed by atoms with van der Waals surface area (Å²) < 4.78 is 0. The number of nitrogens with zero attached hydrogens (tertiary/aromatic N) is 1. The Hall–Kier alpha value is -0.280. The number of hydrogen-bond acceptors (Lipinski definition) is 2. The van der Waals surface area contributed by atoms with Crippen LogP contribution >= 0.6 is 12.4 Å². The molecule has 0 saturated heterocycles. The number of carbonyl (C=O) groups excluding carboxylic acids is 1. The topological polar surface area (TPSA) is 46.3 Å². The predicted molar refractivity (Wildman–Crippen MR) is 74.4 cm³/mol. The average Bonchev–Trinajstić information content (AvgIpc) is 2.81. The van der Waals surface area contributed by atoms with Crippen molar-refractivity contribution in [2.24, 2.45) is 5.73 Å². The van der Waals surface area contributed by atoms with Crippen molar-refractivity contribution >= 4 is 18.3 Å². The molecule has 1 fully saturated rings. The Balaban J connectivity index is 0.00000256. The van der Waals surface area contributed by atoms with E-state index in [1.165, 1.54) is 25.7 Å². The van der Waals surface area contributed by atoms with Gasteiger partial charge in [-0.2, -0.15) is 0 Å². The summed E-state index contributed by atoms with van der Waals surface area (Å²) in [4.78, 5) is 13.8. The fourth-order valence-electron chi connectivity index (χ4n) is 2.45. The van der Waals surface area contributed by atoms with Crippen LogP contribution in [0.4, 0.5) is 0 Å². The molecule has 0 unspecified atom stereocenters. The molecular weight excluding hydrogens is 236 g/mol. The molecule has 3 nitrogen and oxygen atoms in total. The molecule has 0 aliphatic heterocycles. The number of carbonyl (C=O) groups is 1. The van der Waals surface area contributed by atoms with E-state index in [9.17, 15) is 4.79 Å². The molecule has 1 aliphatic rings. The molecule has 102 valence electrons. The largest absolute Gasteiger partial charge is 0.343 e. The molecule has 0 aromatic rings. The molecule has 0 heterocycles. The molecule has 0 aromatic heterocycles. The summed E-state index contributed by atoms with van der Waals surface area (Å²) in [5.74, 6) is 0.333. The van der Waals surface area contributed by atoms with Gasteiger partial charge in [0.25, 0.3) is 0 Å². The molecule has 1 aliphatic carbocycles. The Morgan fingerprint density at radius 1 is 1.18 bits per heavy atom. The van der Waals surface area contributed by atoms with Gasteiger partial charge in [-0.3, -0.25) is 4.79 Å². The maximum Gasteiger partial charge on any atom is 0.222 e. The predicted octanol–water partition coefficient (Wildman–Crippen LogP) is 2.72. The van der Waals surface area contributed by atoms with Crippen LogP contribution < -0.4 is 5.73 Å². The van der Waals surface area contributed by atoms with Gasteiger partial charge in [-0.25, -0.2) is 0 Å². The average molecular weight is 263 g/mol. The van der Waals surface area contributed by atoms with E-state index in [-0.39, 0.29) is 12.4 Å². The number of halogens is 1. The van der Waals surface area contributed by atoms with E-state index in [2.05, 4.69) is 0 Å². The molecule has 1 amide bonds. The van der Waals surface area contributed by atoms with Gasteiger partial charge in [0.15, 0.2) is 0 Å². The lowest BCUT2D eigenvalue weighted by Crippen LogP contribution is -2.34. The minimum Gasteiger partial charge on any atom is -0.343 e. The first kappa shape index (κ1) is 16.7. The smallest absolute Gasteiger partial charge is 0.222 e. The summed E-state index contributed by atoms with van der Waals surface area (Å²) in [5, 5.41) is 0. The molecule has 4 heteroatoms. The first-order valence-corrected chi connectivity index (χ1v) is 6.71. The lowest BCUT2D eigenvalue weighted by molar-refractivity contribution is -0.132. The van der Waals surface area contributed by atoms with Crippen LogP contribution in [0, 0.1) is 0 Å². The van der Waals surface area contributed by atoms with Gasteiger partial charge in [-0.1, -0.05) is 25.7 Å². The standard InChI is InChI=1S/C13H26N2O.ClH/c1-15(12-8-5-6-9-12)13(16)10-4-2-3-7-11-14;/h12H,2-11,14H2,1H3;1H. The summed E-state index contributed by atoms with van der Waals surface area (Å²) in [5.41, 5.74) is 5.43. The number of hydrogen-bond donors (Lipinski definition) is 1. The van der Waals surface area contributed by atoms with E-state index in [0.717, 1.165) is 38.6 Å².